The van der Waals surface area contributed by atoms with Crippen LogP contribution in [0.2, 0.25) is 0 Å². The average molecular weight is 720 g/mol. The number of likely N-dealkylation sites (N-methyl/N-ethyl adjacent to an activating group) is 2. The maximum atomic E-state index is 14.3. The molecular formula is C39H65N3O9. The highest BCUT2D eigenvalue weighted by Gasteiger charge is 2.50. The molecule has 1 unspecified atom stereocenters. The summed E-state index contributed by atoms with van der Waals surface area (Å²) < 4.78 is 31.9. The summed E-state index contributed by atoms with van der Waals surface area (Å²) in [4.78, 5) is 31.9. The van der Waals surface area contributed by atoms with Gasteiger partial charge >= 0.3 is 0 Å². The second kappa shape index (κ2) is 17.3. The Bertz CT molecular complexity index is 1280. The summed E-state index contributed by atoms with van der Waals surface area (Å²) in [7, 11) is 7.22. The summed E-state index contributed by atoms with van der Waals surface area (Å²) in [5.74, 6) is -2.17. The van der Waals surface area contributed by atoms with E-state index in [2.05, 4.69) is 5.32 Å². The fourth-order valence-electron chi connectivity index (χ4n) is 8.54. The number of carbonyl (C=O) groups is 2. The lowest BCUT2D eigenvalue weighted by Crippen LogP contribution is -2.60. The zero-order chi connectivity index (χ0) is 37.8. The van der Waals surface area contributed by atoms with Crippen molar-refractivity contribution in [1.29, 1.82) is 0 Å². The van der Waals surface area contributed by atoms with Gasteiger partial charge < -0.3 is 49.0 Å². The number of carbonyl (C=O) groups excluding carboxylic acids is 2. The van der Waals surface area contributed by atoms with Crippen molar-refractivity contribution in [1.82, 2.24) is 15.1 Å². The van der Waals surface area contributed by atoms with Gasteiger partial charge in [0.15, 0.2) is 12.6 Å². The van der Waals surface area contributed by atoms with Crippen LogP contribution in [0.1, 0.15) is 79.7 Å². The minimum absolute atomic E-state index is 0.159. The second-order valence-electron chi connectivity index (χ2n) is 16.5. The molecule has 3 aliphatic heterocycles. The van der Waals surface area contributed by atoms with E-state index in [9.17, 15) is 19.8 Å². The topological polar surface area (TPSA) is 139 Å². The SMILES string of the molecule is CO[C@]1(C)C[C@H](O[C@H]2[C@H](C)[C@@H](O[C@@H]3O[C@H](C)C[C@H](N(C)C)[C@H]3O)[C@](C)(O)C[C@@H](C)CN(C)C(=O)C(Cc3ccccc3)NC(=O)[C@@H]2C)O[C@@H](C)C1. The molecule has 290 valence electrons. The Hall–Kier alpha value is -2.16. The number of aliphatic hydroxyl groups is 2. The van der Waals surface area contributed by atoms with E-state index in [1.165, 1.54) is 0 Å². The molecule has 3 saturated heterocycles. The quantitative estimate of drug-likeness (QED) is 0.367. The molecule has 12 nitrogen and oxygen atoms in total. The van der Waals surface area contributed by atoms with E-state index < -0.39 is 60.0 Å². The van der Waals surface area contributed by atoms with Crippen LogP contribution in [0.15, 0.2) is 30.3 Å². The van der Waals surface area contributed by atoms with Gasteiger partial charge in [0.25, 0.3) is 0 Å². The van der Waals surface area contributed by atoms with Crippen LogP contribution in [-0.2, 0) is 39.7 Å². The average Bonchev–Trinajstić information content (AvgIpc) is 3.05. The van der Waals surface area contributed by atoms with Crippen molar-refractivity contribution in [2.45, 2.75) is 147 Å². The monoisotopic (exact) mass is 719 g/mol. The Balaban J connectivity index is 1.77. The standard InChI is InChI=1S/C39H65N3O9/c1-23-19-39(7,46)34(51-37-32(43)30(41(8)9)17-24(2)49-37)26(4)33(50-31-21-38(6,47-11)20-25(3)48-31)27(5)35(44)40-29(36(45)42(10)22-23)18-28-15-13-12-14-16-28/h12-16,23-27,29-34,37,43,46H,17-22H2,1-11H3,(H,40,44)/t23-,24-,25+,26+,27-,29?,30+,31+,32-,33+,34-,37+,38+,39-/m1/s1. The first-order valence-electron chi connectivity index (χ1n) is 18.7. The summed E-state index contributed by atoms with van der Waals surface area (Å²) in [6.45, 7) is 13.7. The number of nitrogens with one attached hydrogen (secondary N) is 1. The van der Waals surface area contributed by atoms with Gasteiger partial charge in [-0.05, 0) is 66.1 Å². The van der Waals surface area contributed by atoms with E-state index in [0.29, 0.717) is 32.2 Å². The zero-order valence-corrected chi connectivity index (χ0v) is 32.7. The molecule has 3 N–H and O–H groups in total. The van der Waals surface area contributed by atoms with E-state index in [0.717, 1.165) is 5.56 Å². The molecule has 3 heterocycles. The van der Waals surface area contributed by atoms with Crippen LogP contribution in [0.4, 0.5) is 0 Å². The Kier molecular flexibility index (Phi) is 14.1. The summed E-state index contributed by atoms with van der Waals surface area (Å²) in [5, 5.41) is 27.0. The number of methoxy groups -OCH3 is 1. The van der Waals surface area contributed by atoms with Crippen molar-refractivity contribution in [3.8, 4) is 0 Å². The number of aliphatic hydroxyl groups excluding tert-OH is 1. The van der Waals surface area contributed by atoms with Gasteiger partial charge in [0.2, 0.25) is 11.8 Å². The minimum Gasteiger partial charge on any atom is -0.387 e. The van der Waals surface area contributed by atoms with Crippen LogP contribution in [-0.4, -0.2) is 133 Å². The summed E-state index contributed by atoms with van der Waals surface area (Å²) in [5.41, 5.74) is -1.07. The molecule has 1 aromatic rings. The second-order valence-corrected chi connectivity index (χ2v) is 16.5. The number of rotatable bonds is 8. The summed E-state index contributed by atoms with van der Waals surface area (Å²) in [6.07, 6.45) is -2.63. The van der Waals surface area contributed by atoms with E-state index in [1.807, 2.05) is 83.9 Å². The largest absolute Gasteiger partial charge is 0.387 e. The number of ether oxygens (including phenoxy) is 5. The lowest BCUT2D eigenvalue weighted by Gasteiger charge is -2.48. The Labute approximate surface area is 305 Å². The number of benzene rings is 1. The summed E-state index contributed by atoms with van der Waals surface area (Å²) in [6, 6.07) is 8.58. The molecule has 0 aromatic heterocycles. The molecule has 51 heavy (non-hydrogen) atoms. The van der Waals surface area contributed by atoms with Crippen molar-refractivity contribution < 1.29 is 43.5 Å². The van der Waals surface area contributed by atoms with Crippen LogP contribution in [0, 0.1) is 17.8 Å². The van der Waals surface area contributed by atoms with Gasteiger partial charge in [-0.3, -0.25) is 9.59 Å². The highest BCUT2D eigenvalue weighted by molar-refractivity contribution is 5.88. The molecule has 0 aliphatic carbocycles. The zero-order valence-electron chi connectivity index (χ0n) is 32.7. The first kappa shape index (κ1) is 41.6. The number of hydrogen-bond donors (Lipinski definition) is 3. The van der Waals surface area contributed by atoms with Crippen LogP contribution >= 0.6 is 0 Å². The fraction of sp³-hybridized carbons (Fsp3) is 0.795. The van der Waals surface area contributed by atoms with Crippen molar-refractivity contribution in [2.24, 2.45) is 17.8 Å². The van der Waals surface area contributed by atoms with Gasteiger partial charge in [0, 0.05) is 51.9 Å². The maximum Gasteiger partial charge on any atom is 0.245 e. The van der Waals surface area contributed by atoms with Crippen molar-refractivity contribution in [2.75, 3.05) is 34.8 Å². The number of nitrogens with zero attached hydrogens (tertiary/aromatic N) is 2. The number of hydrogen-bond acceptors (Lipinski definition) is 10. The van der Waals surface area contributed by atoms with Crippen molar-refractivity contribution in [3.05, 3.63) is 35.9 Å². The van der Waals surface area contributed by atoms with Crippen LogP contribution in [0.3, 0.4) is 0 Å². The molecule has 0 radical (unpaired) electrons. The Morgan fingerprint density at radius 3 is 2.27 bits per heavy atom. The Morgan fingerprint density at radius 2 is 1.65 bits per heavy atom. The third-order valence-electron chi connectivity index (χ3n) is 11.2. The Morgan fingerprint density at radius 1 is 0.980 bits per heavy atom. The normalized spacial score (nSPS) is 42.1. The molecule has 14 atom stereocenters. The predicted molar refractivity (Wildman–Crippen MR) is 194 cm³/mol. The first-order valence-corrected chi connectivity index (χ1v) is 18.7. The molecule has 12 heteroatoms. The van der Waals surface area contributed by atoms with Crippen LogP contribution in [0.25, 0.3) is 0 Å². The lowest BCUT2D eigenvalue weighted by molar-refractivity contribution is -0.309. The third-order valence-corrected chi connectivity index (χ3v) is 11.2. The molecule has 3 aliphatic rings. The minimum atomic E-state index is -1.49. The highest BCUT2D eigenvalue weighted by Crippen LogP contribution is 2.39. The van der Waals surface area contributed by atoms with Gasteiger partial charge in [-0.2, -0.15) is 0 Å². The van der Waals surface area contributed by atoms with Crippen LogP contribution < -0.4 is 5.32 Å². The van der Waals surface area contributed by atoms with Crippen LogP contribution in [0.5, 0.6) is 0 Å². The van der Waals surface area contributed by atoms with Crippen molar-refractivity contribution in [3.63, 3.8) is 0 Å². The highest BCUT2D eigenvalue weighted by atomic mass is 16.7. The first-order chi connectivity index (χ1) is 23.8. The molecule has 3 fully saturated rings. The smallest absolute Gasteiger partial charge is 0.245 e. The molecule has 4 rings (SSSR count). The van der Waals surface area contributed by atoms with Gasteiger partial charge in [0.1, 0.15) is 12.1 Å². The molecule has 1 aromatic carbocycles. The third kappa shape index (κ3) is 10.5. The summed E-state index contributed by atoms with van der Waals surface area (Å²) >= 11 is 0. The van der Waals surface area contributed by atoms with Crippen molar-refractivity contribution >= 4 is 11.8 Å². The molecule has 0 bridgehead atoms. The number of amides is 2. The fourth-order valence-corrected chi connectivity index (χ4v) is 8.54. The molecule has 0 saturated carbocycles. The molecular weight excluding hydrogens is 654 g/mol. The van der Waals surface area contributed by atoms with Gasteiger partial charge in [0.05, 0.1) is 41.5 Å². The van der Waals surface area contributed by atoms with E-state index in [1.54, 1.807) is 32.9 Å². The molecule has 0 spiro atoms. The van der Waals surface area contributed by atoms with E-state index >= 15 is 0 Å². The van der Waals surface area contributed by atoms with Gasteiger partial charge in [-0.25, -0.2) is 0 Å². The predicted octanol–water partition coefficient (Wildman–Crippen LogP) is 3.36. The van der Waals surface area contributed by atoms with E-state index in [4.69, 9.17) is 23.7 Å². The lowest BCUT2D eigenvalue weighted by atomic mass is 9.77. The van der Waals surface area contributed by atoms with Gasteiger partial charge in [-0.15, -0.1) is 0 Å². The molecule has 2 amide bonds. The maximum absolute atomic E-state index is 14.3. The van der Waals surface area contributed by atoms with E-state index in [-0.39, 0.29) is 42.4 Å². The van der Waals surface area contributed by atoms with Gasteiger partial charge in [-0.1, -0.05) is 51.1 Å².